The molecule has 1 saturated carbocycles. The van der Waals surface area contributed by atoms with Gasteiger partial charge in [0, 0.05) is 6.04 Å². The number of nitrogens with two attached hydrogens (primary N) is 1. The van der Waals surface area contributed by atoms with Gasteiger partial charge in [-0.2, -0.15) is 0 Å². The van der Waals surface area contributed by atoms with Crippen molar-refractivity contribution in [2.24, 2.45) is 0 Å². The molecule has 1 aromatic rings. The van der Waals surface area contributed by atoms with Crippen LogP contribution in [0.4, 0.5) is 20.6 Å². The van der Waals surface area contributed by atoms with Gasteiger partial charge in [-0.25, -0.2) is 9.18 Å². The Morgan fingerprint density at radius 1 is 1.47 bits per heavy atom. The van der Waals surface area contributed by atoms with E-state index in [9.17, 15) is 9.18 Å². The lowest BCUT2D eigenvalue weighted by atomic mass is 10.2. The summed E-state index contributed by atoms with van der Waals surface area (Å²) in [5, 5.41) is 5.23. The minimum Gasteiger partial charge on any atom is -0.397 e. The molecule has 0 radical (unpaired) electrons. The maximum Gasteiger partial charge on any atom is 0.319 e. The van der Waals surface area contributed by atoms with Gasteiger partial charge in [0.05, 0.1) is 11.4 Å². The molecule has 0 saturated heterocycles. The molecular formula is C10H12FN3O. The van der Waals surface area contributed by atoms with Gasteiger partial charge in [0.1, 0.15) is 5.82 Å². The van der Waals surface area contributed by atoms with Crippen LogP contribution in [-0.2, 0) is 0 Å². The third kappa shape index (κ3) is 2.59. The molecule has 1 aliphatic carbocycles. The first-order valence-corrected chi connectivity index (χ1v) is 4.77. The lowest BCUT2D eigenvalue weighted by Gasteiger charge is -2.08. The van der Waals surface area contributed by atoms with Crippen molar-refractivity contribution in [3.8, 4) is 0 Å². The van der Waals surface area contributed by atoms with Crippen molar-refractivity contribution in [1.82, 2.24) is 5.32 Å². The van der Waals surface area contributed by atoms with Gasteiger partial charge in [0.15, 0.2) is 0 Å². The number of hydrogen-bond donors (Lipinski definition) is 3. The Morgan fingerprint density at radius 2 is 2.20 bits per heavy atom. The summed E-state index contributed by atoms with van der Waals surface area (Å²) < 4.78 is 12.8. The van der Waals surface area contributed by atoms with Crippen LogP contribution in [0.15, 0.2) is 18.2 Å². The smallest absolute Gasteiger partial charge is 0.319 e. The van der Waals surface area contributed by atoms with E-state index < -0.39 is 5.82 Å². The average Bonchev–Trinajstić information content (AvgIpc) is 2.95. The number of nitrogens with one attached hydrogen (secondary N) is 2. The number of carbonyl (C=O) groups excluding carboxylic acids is 1. The Hall–Kier alpha value is -1.78. The van der Waals surface area contributed by atoms with E-state index in [-0.39, 0.29) is 12.1 Å². The number of amides is 2. The van der Waals surface area contributed by atoms with E-state index in [1.54, 1.807) is 0 Å². The fraction of sp³-hybridized carbons (Fsp3) is 0.300. The highest BCUT2D eigenvalue weighted by molar-refractivity contribution is 5.92. The molecule has 4 N–H and O–H groups in total. The van der Waals surface area contributed by atoms with Crippen LogP contribution in [0.1, 0.15) is 12.8 Å². The number of carbonyl (C=O) groups is 1. The van der Waals surface area contributed by atoms with Crippen molar-refractivity contribution in [2.75, 3.05) is 11.1 Å². The summed E-state index contributed by atoms with van der Waals surface area (Å²) in [6.07, 6.45) is 2.01. The van der Waals surface area contributed by atoms with Crippen molar-refractivity contribution in [1.29, 1.82) is 0 Å². The van der Waals surface area contributed by atoms with E-state index in [0.717, 1.165) is 12.8 Å². The van der Waals surface area contributed by atoms with Crippen LogP contribution in [0, 0.1) is 5.82 Å². The van der Waals surface area contributed by atoms with Crippen LogP contribution in [0.5, 0.6) is 0 Å². The van der Waals surface area contributed by atoms with E-state index in [4.69, 9.17) is 5.73 Å². The minimum atomic E-state index is -0.425. The summed E-state index contributed by atoms with van der Waals surface area (Å²) in [4.78, 5) is 11.3. The summed E-state index contributed by atoms with van der Waals surface area (Å²) in [5.74, 6) is -0.425. The zero-order chi connectivity index (χ0) is 10.8. The summed E-state index contributed by atoms with van der Waals surface area (Å²) in [6.45, 7) is 0. The van der Waals surface area contributed by atoms with Crippen LogP contribution >= 0.6 is 0 Å². The first-order valence-electron chi connectivity index (χ1n) is 4.77. The zero-order valence-electron chi connectivity index (χ0n) is 8.09. The second-order valence-corrected chi connectivity index (χ2v) is 3.60. The molecule has 1 fully saturated rings. The van der Waals surface area contributed by atoms with Gasteiger partial charge in [0.25, 0.3) is 0 Å². The largest absolute Gasteiger partial charge is 0.397 e. The highest BCUT2D eigenvalue weighted by Gasteiger charge is 2.23. The normalized spacial score (nSPS) is 14.7. The first-order chi connectivity index (χ1) is 7.15. The highest BCUT2D eigenvalue weighted by Crippen LogP contribution is 2.21. The number of rotatable bonds is 2. The molecule has 5 heteroatoms. The maximum absolute atomic E-state index is 12.8. The highest BCUT2D eigenvalue weighted by atomic mass is 19.1. The van der Waals surface area contributed by atoms with Crippen molar-refractivity contribution in [3.63, 3.8) is 0 Å². The molecule has 0 aliphatic heterocycles. The molecule has 0 heterocycles. The van der Waals surface area contributed by atoms with E-state index in [1.807, 2.05) is 0 Å². The topological polar surface area (TPSA) is 67.1 Å². The first kappa shape index (κ1) is 9.76. The number of halogens is 1. The van der Waals surface area contributed by atoms with Crippen LogP contribution < -0.4 is 16.4 Å². The molecule has 2 amide bonds. The van der Waals surface area contributed by atoms with E-state index in [2.05, 4.69) is 10.6 Å². The van der Waals surface area contributed by atoms with E-state index in [0.29, 0.717) is 11.4 Å². The Morgan fingerprint density at radius 3 is 2.87 bits per heavy atom. The SMILES string of the molecule is Nc1ccc(F)cc1NC(=O)NC1CC1. The van der Waals surface area contributed by atoms with E-state index >= 15 is 0 Å². The predicted octanol–water partition coefficient (Wildman–Crippen LogP) is 1.69. The molecule has 15 heavy (non-hydrogen) atoms. The Bertz CT molecular complexity index is 390. The average molecular weight is 209 g/mol. The van der Waals surface area contributed by atoms with Gasteiger partial charge in [0.2, 0.25) is 0 Å². The number of nitrogen functional groups attached to an aromatic ring is 1. The third-order valence-corrected chi connectivity index (χ3v) is 2.18. The van der Waals surface area contributed by atoms with Gasteiger partial charge in [-0.15, -0.1) is 0 Å². The molecule has 2 rings (SSSR count). The Kier molecular flexibility index (Phi) is 2.45. The molecule has 1 aliphatic rings. The number of hydrogen-bond acceptors (Lipinski definition) is 2. The van der Waals surface area contributed by atoms with Crippen molar-refractivity contribution < 1.29 is 9.18 Å². The molecule has 0 unspecified atom stereocenters. The molecule has 4 nitrogen and oxygen atoms in total. The summed E-state index contributed by atoms with van der Waals surface area (Å²) in [7, 11) is 0. The van der Waals surface area contributed by atoms with Gasteiger partial charge in [-0.3, -0.25) is 0 Å². The van der Waals surface area contributed by atoms with Crippen molar-refractivity contribution in [2.45, 2.75) is 18.9 Å². The maximum atomic E-state index is 12.8. The van der Waals surface area contributed by atoms with Crippen molar-refractivity contribution >= 4 is 17.4 Å². The number of urea groups is 1. The standard InChI is InChI=1S/C10H12FN3O/c11-6-1-4-8(12)9(5-6)14-10(15)13-7-2-3-7/h1,4-5,7H,2-3,12H2,(H2,13,14,15). The zero-order valence-corrected chi connectivity index (χ0v) is 8.09. The molecule has 0 atom stereocenters. The molecule has 1 aromatic carbocycles. The van der Waals surface area contributed by atoms with Gasteiger partial charge in [-0.05, 0) is 31.0 Å². The second-order valence-electron chi connectivity index (χ2n) is 3.60. The summed E-state index contributed by atoms with van der Waals surface area (Å²) >= 11 is 0. The fourth-order valence-corrected chi connectivity index (χ4v) is 1.21. The monoisotopic (exact) mass is 209 g/mol. The molecule has 0 spiro atoms. The lowest BCUT2D eigenvalue weighted by Crippen LogP contribution is -2.30. The summed E-state index contributed by atoms with van der Waals surface area (Å²) in [5.41, 5.74) is 6.22. The molecule has 80 valence electrons. The molecular weight excluding hydrogens is 197 g/mol. The number of anilines is 2. The van der Waals surface area contributed by atoms with Crippen molar-refractivity contribution in [3.05, 3.63) is 24.0 Å². The molecule has 0 aromatic heterocycles. The Balaban J connectivity index is 2.01. The lowest BCUT2D eigenvalue weighted by molar-refractivity contribution is 0.251. The second kappa shape index (κ2) is 3.76. The quantitative estimate of drug-likeness (QED) is 0.649. The van der Waals surface area contributed by atoms with E-state index in [1.165, 1.54) is 18.2 Å². The molecule has 0 bridgehead atoms. The Labute approximate surface area is 86.7 Å². The van der Waals surface area contributed by atoms with Gasteiger partial charge < -0.3 is 16.4 Å². The van der Waals surface area contributed by atoms with Crippen LogP contribution in [0.3, 0.4) is 0 Å². The van der Waals surface area contributed by atoms with Gasteiger partial charge in [-0.1, -0.05) is 0 Å². The fourth-order valence-electron chi connectivity index (χ4n) is 1.21. The van der Waals surface area contributed by atoms with Crippen LogP contribution in [-0.4, -0.2) is 12.1 Å². The van der Waals surface area contributed by atoms with Gasteiger partial charge >= 0.3 is 6.03 Å². The minimum absolute atomic E-state index is 0.264. The predicted molar refractivity (Wildman–Crippen MR) is 56.0 cm³/mol. The number of benzene rings is 1. The summed E-state index contributed by atoms with van der Waals surface area (Å²) in [6, 6.07) is 3.79. The van der Waals surface area contributed by atoms with Crippen LogP contribution in [0.2, 0.25) is 0 Å². The van der Waals surface area contributed by atoms with Crippen LogP contribution in [0.25, 0.3) is 0 Å². The third-order valence-electron chi connectivity index (χ3n) is 2.18.